The quantitative estimate of drug-likeness (QED) is 0.731. The zero-order valence-electron chi connectivity index (χ0n) is 10.2. The molecule has 0 heterocycles. The molecular weight excluding hydrogens is 194 g/mol. The second-order valence-electron chi connectivity index (χ2n) is 4.90. The van der Waals surface area contributed by atoms with Gasteiger partial charge in [-0.15, -0.1) is 0 Å². The minimum atomic E-state index is -0.507. The molecule has 0 fully saturated rings. The Balaban J connectivity index is 4.17. The number of hydrogen-bond donors (Lipinski definition) is 1. The molecule has 0 spiro atoms. The highest BCUT2D eigenvalue weighted by atomic mass is 16.6. The summed E-state index contributed by atoms with van der Waals surface area (Å²) < 4.78 is 5.10. The Hall–Kier alpha value is -1.06. The number of amides is 1. The van der Waals surface area contributed by atoms with Crippen molar-refractivity contribution in [2.24, 2.45) is 5.92 Å². The zero-order chi connectivity index (χ0) is 12.1. The van der Waals surface area contributed by atoms with Gasteiger partial charge in [0.25, 0.3) is 0 Å². The van der Waals surface area contributed by atoms with Crippen LogP contribution in [-0.4, -0.2) is 24.0 Å². The fourth-order valence-corrected chi connectivity index (χ4v) is 1.06. The molecule has 4 nitrogen and oxygen atoms in total. The van der Waals surface area contributed by atoms with E-state index in [4.69, 9.17) is 4.74 Å². The molecular formula is C11H21NO3. The number of aldehydes is 1. The maximum Gasteiger partial charge on any atom is 0.407 e. The monoisotopic (exact) mass is 215 g/mol. The average Bonchev–Trinajstić information content (AvgIpc) is 1.99. The van der Waals surface area contributed by atoms with Crippen molar-refractivity contribution in [2.75, 3.05) is 0 Å². The molecule has 0 aromatic rings. The first kappa shape index (κ1) is 13.9. The molecule has 0 aliphatic heterocycles. The van der Waals surface area contributed by atoms with Crippen LogP contribution in [0.2, 0.25) is 0 Å². The highest BCUT2D eigenvalue weighted by molar-refractivity contribution is 5.68. The van der Waals surface area contributed by atoms with E-state index in [0.717, 1.165) is 6.29 Å². The highest BCUT2D eigenvalue weighted by Gasteiger charge is 2.20. The van der Waals surface area contributed by atoms with Crippen molar-refractivity contribution < 1.29 is 14.3 Å². The van der Waals surface area contributed by atoms with Crippen molar-refractivity contribution in [3.63, 3.8) is 0 Å². The van der Waals surface area contributed by atoms with Crippen molar-refractivity contribution in [1.29, 1.82) is 0 Å². The van der Waals surface area contributed by atoms with Crippen LogP contribution in [0.4, 0.5) is 4.79 Å². The number of ether oxygens (including phenoxy) is 1. The predicted molar refractivity (Wildman–Crippen MR) is 58.7 cm³/mol. The smallest absolute Gasteiger partial charge is 0.407 e. The first-order valence-electron chi connectivity index (χ1n) is 5.19. The van der Waals surface area contributed by atoms with Crippen molar-refractivity contribution >= 4 is 12.4 Å². The molecule has 1 atom stereocenters. The number of alkyl carbamates (subject to hydrolysis) is 1. The van der Waals surface area contributed by atoms with Gasteiger partial charge in [0.05, 0.1) is 0 Å². The van der Waals surface area contributed by atoms with Crippen LogP contribution in [0.1, 0.15) is 41.0 Å². The summed E-state index contributed by atoms with van der Waals surface area (Å²) in [6, 6.07) is -0.155. The first-order chi connectivity index (χ1) is 6.76. The van der Waals surface area contributed by atoms with Gasteiger partial charge in [0, 0.05) is 12.5 Å². The summed E-state index contributed by atoms with van der Waals surface area (Å²) in [5, 5.41) is 2.68. The lowest BCUT2D eigenvalue weighted by Gasteiger charge is -2.24. The summed E-state index contributed by atoms with van der Waals surface area (Å²) in [4.78, 5) is 21.8. The minimum Gasteiger partial charge on any atom is -0.444 e. The summed E-state index contributed by atoms with van der Waals surface area (Å²) in [5.41, 5.74) is -0.507. The summed E-state index contributed by atoms with van der Waals surface area (Å²) in [7, 11) is 0. The standard InChI is InChI=1S/C11H21NO3/c1-8(2)9(6-7-13)12-10(14)15-11(3,4)5/h7-9H,6H2,1-5H3,(H,12,14)/t9-/m0/s1. The van der Waals surface area contributed by atoms with E-state index < -0.39 is 11.7 Å². The van der Waals surface area contributed by atoms with Crippen LogP contribution < -0.4 is 5.32 Å². The Bertz CT molecular complexity index is 218. The van der Waals surface area contributed by atoms with Crippen molar-refractivity contribution in [1.82, 2.24) is 5.32 Å². The number of carbonyl (C=O) groups excluding carboxylic acids is 2. The van der Waals surface area contributed by atoms with E-state index >= 15 is 0 Å². The van der Waals surface area contributed by atoms with Crippen molar-refractivity contribution in [3.05, 3.63) is 0 Å². The lowest BCUT2D eigenvalue weighted by Crippen LogP contribution is -2.41. The molecule has 1 N–H and O–H groups in total. The number of carbonyl (C=O) groups is 2. The van der Waals surface area contributed by atoms with Crippen LogP contribution in [0.5, 0.6) is 0 Å². The molecule has 0 radical (unpaired) electrons. The van der Waals surface area contributed by atoms with Crippen LogP contribution in [0.25, 0.3) is 0 Å². The molecule has 1 amide bonds. The third-order valence-electron chi connectivity index (χ3n) is 1.86. The molecule has 0 aliphatic rings. The lowest BCUT2D eigenvalue weighted by atomic mass is 10.0. The highest BCUT2D eigenvalue weighted by Crippen LogP contribution is 2.09. The number of rotatable bonds is 4. The Morgan fingerprint density at radius 3 is 2.27 bits per heavy atom. The van der Waals surface area contributed by atoms with Crippen LogP contribution in [-0.2, 0) is 9.53 Å². The van der Waals surface area contributed by atoms with E-state index in [9.17, 15) is 9.59 Å². The fraction of sp³-hybridized carbons (Fsp3) is 0.818. The minimum absolute atomic E-state index is 0.155. The molecule has 0 bridgehead atoms. The molecule has 4 heteroatoms. The van der Waals surface area contributed by atoms with Gasteiger partial charge in [0.1, 0.15) is 11.9 Å². The fourth-order valence-electron chi connectivity index (χ4n) is 1.06. The van der Waals surface area contributed by atoms with E-state index in [1.165, 1.54) is 0 Å². The Morgan fingerprint density at radius 2 is 1.93 bits per heavy atom. The molecule has 0 aromatic carbocycles. The third-order valence-corrected chi connectivity index (χ3v) is 1.86. The SMILES string of the molecule is CC(C)[C@H](CC=O)NC(=O)OC(C)(C)C. The van der Waals surface area contributed by atoms with Crippen LogP contribution >= 0.6 is 0 Å². The van der Waals surface area contributed by atoms with Gasteiger partial charge in [-0.1, -0.05) is 13.8 Å². The van der Waals surface area contributed by atoms with Crippen LogP contribution in [0, 0.1) is 5.92 Å². The van der Waals surface area contributed by atoms with Crippen molar-refractivity contribution in [2.45, 2.75) is 52.7 Å². The van der Waals surface area contributed by atoms with Gasteiger partial charge in [0.2, 0.25) is 0 Å². The average molecular weight is 215 g/mol. The molecule has 0 saturated heterocycles. The Labute approximate surface area is 91.4 Å². The van der Waals surface area contributed by atoms with Crippen LogP contribution in [0.15, 0.2) is 0 Å². The maximum absolute atomic E-state index is 11.4. The lowest BCUT2D eigenvalue weighted by molar-refractivity contribution is -0.108. The summed E-state index contributed by atoms with van der Waals surface area (Å²) in [6.45, 7) is 9.31. The van der Waals surface area contributed by atoms with Gasteiger partial charge >= 0.3 is 6.09 Å². The zero-order valence-corrected chi connectivity index (χ0v) is 10.2. The first-order valence-corrected chi connectivity index (χ1v) is 5.19. The number of nitrogens with one attached hydrogen (secondary N) is 1. The summed E-state index contributed by atoms with van der Waals surface area (Å²) >= 11 is 0. The van der Waals surface area contributed by atoms with Gasteiger partial charge < -0.3 is 14.8 Å². The molecule has 0 aliphatic carbocycles. The maximum atomic E-state index is 11.4. The largest absolute Gasteiger partial charge is 0.444 e. The topological polar surface area (TPSA) is 55.4 Å². The molecule has 0 unspecified atom stereocenters. The van der Waals surface area contributed by atoms with E-state index in [0.29, 0.717) is 6.42 Å². The second-order valence-corrected chi connectivity index (χ2v) is 4.90. The van der Waals surface area contributed by atoms with Crippen LogP contribution in [0.3, 0.4) is 0 Å². The van der Waals surface area contributed by atoms with Gasteiger partial charge in [-0.05, 0) is 26.7 Å². The second kappa shape index (κ2) is 5.73. The predicted octanol–water partition coefficient (Wildman–Crippen LogP) is 2.12. The van der Waals surface area contributed by atoms with E-state index in [2.05, 4.69) is 5.32 Å². The van der Waals surface area contributed by atoms with Crippen molar-refractivity contribution in [3.8, 4) is 0 Å². The van der Waals surface area contributed by atoms with E-state index in [-0.39, 0.29) is 12.0 Å². The number of hydrogen-bond acceptors (Lipinski definition) is 3. The summed E-state index contributed by atoms with van der Waals surface area (Å²) in [6.07, 6.45) is 0.655. The van der Waals surface area contributed by atoms with E-state index in [1.807, 2.05) is 13.8 Å². The van der Waals surface area contributed by atoms with Gasteiger partial charge in [-0.2, -0.15) is 0 Å². The van der Waals surface area contributed by atoms with E-state index in [1.54, 1.807) is 20.8 Å². The molecule has 15 heavy (non-hydrogen) atoms. The van der Waals surface area contributed by atoms with Gasteiger partial charge in [-0.3, -0.25) is 0 Å². The third kappa shape index (κ3) is 6.94. The van der Waals surface area contributed by atoms with Gasteiger partial charge in [0.15, 0.2) is 0 Å². The molecule has 0 saturated carbocycles. The Kier molecular flexibility index (Phi) is 5.33. The summed E-state index contributed by atoms with van der Waals surface area (Å²) in [5.74, 6) is 0.211. The molecule has 88 valence electrons. The molecule has 0 rings (SSSR count). The normalized spacial score (nSPS) is 13.5. The van der Waals surface area contributed by atoms with Gasteiger partial charge in [-0.25, -0.2) is 4.79 Å². The molecule has 0 aromatic heterocycles. The Morgan fingerprint density at radius 1 is 1.40 bits per heavy atom.